The fourth-order valence-electron chi connectivity index (χ4n) is 2.67. The van der Waals surface area contributed by atoms with Crippen molar-refractivity contribution in [3.63, 3.8) is 0 Å². The Morgan fingerprint density at radius 2 is 1.97 bits per heavy atom. The number of carboxylic acids is 1. The van der Waals surface area contributed by atoms with Gasteiger partial charge in [0.05, 0.1) is 23.7 Å². The molecule has 0 atom stereocenters. The summed E-state index contributed by atoms with van der Waals surface area (Å²) >= 11 is 0.910. The van der Waals surface area contributed by atoms with E-state index in [0.717, 1.165) is 23.5 Å². The van der Waals surface area contributed by atoms with Gasteiger partial charge in [0.15, 0.2) is 16.6 Å². The summed E-state index contributed by atoms with van der Waals surface area (Å²) in [5, 5.41) is 21.6. The monoisotopic (exact) mass is 468 g/mol. The highest BCUT2D eigenvalue weighted by molar-refractivity contribution is 7.22. The number of benzene rings is 2. The Balaban J connectivity index is 1.75. The van der Waals surface area contributed by atoms with Crippen LogP contribution < -0.4 is 14.8 Å². The maximum absolute atomic E-state index is 12.4. The lowest BCUT2D eigenvalue weighted by atomic mass is 10.1. The zero-order chi connectivity index (χ0) is 23.5. The van der Waals surface area contributed by atoms with Gasteiger partial charge in [-0.3, -0.25) is 4.79 Å². The number of anilines is 1. The van der Waals surface area contributed by atoms with Gasteiger partial charge < -0.3 is 25.0 Å². The van der Waals surface area contributed by atoms with Gasteiger partial charge in [0.1, 0.15) is 5.75 Å². The van der Waals surface area contributed by atoms with Crippen LogP contribution in [0.3, 0.4) is 0 Å². The molecule has 1 heterocycles. The topological polar surface area (TPSA) is 118 Å². The molecule has 12 heteroatoms. The first kappa shape index (κ1) is 22.9. The molecule has 8 nitrogen and oxygen atoms in total. The van der Waals surface area contributed by atoms with E-state index in [1.54, 1.807) is 0 Å². The van der Waals surface area contributed by atoms with E-state index in [-0.39, 0.29) is 22.2 Å². The Bertz CT molecular complexity index is 1210. The summed E-state index contributed by atoms with van der Waals surface area (Å²) in [6.07, 6.45) is -4.09. The van der Waals surface area contributed by atoms with E-state index in [9.17, 15) is 33.0 Å². The van der Waals surface area contributed by atoms with Crippen LogP contribution in [-0.2, 0) is 9.59 Å². The Kier molecular flexibility index (Phi) is 6.53. The summed E-state index contributed by atoms with van der Waals surface area (Å²) in [6.45, 7) is 0. The molecule has 0 bridgehead atoms. The highest BCUT2D eigenvalue weighted by Gasteiger charge is 2.31. The summed E-state index contributed by atoms with van der Waals surface area (Å²) in [6, 6.07) is 7.72. The molecule has 0 spiro atoms. The first-order valence-corrected chi connectivity index (χ1v) is 9.63. The quantitative estimate of drug-likeness (QED) is 0.440. The second-order valence-electron chi connectivity index (χ2n) is 6.33. The number of nitrogens with one attached hydrogen (secondary N) is 1. The lowest BCUT2D eigenvalue weighted by Crippen LogP contribution is -2.16. The SMILES string of the molecule is COc1cc(/C=C(\CC(=O)Nc2nc3ccc(OC(F)(F)F)cc3s2)C(=O)O)ccc1O. The van der Waals surface area contributed by atoms with Crippen molar-refractivity contribution >= 4 is 44.6 Å². The van der Waals surface area contributed by atoms with Crippen molar-refractivity contribution in [1.82, 2.24) is 4.98 Å². The number of amides is 1. The minimum Gasteiger partial charge on any atom is -0.504 e. The molecule has 168 valence electrons. The summed E-state index contributed by atoms with van der Waals surface area (Å²) in [5.41, 5.74) is 0.490. The molecule has 1 amide bonds. The smallest absolute Gasteiger partial charge is 0.504 e. The van der Waals surface area contributed by atoms with E-state index < -0.39 is 30.4 Å². The van der Waals surface area contributed by atoms with Gasteiger partial charge in [-0.15, -0.1) is 13.2 Å². The van der Waals surface area contributed by atoms with Crippen LogP contribution in [0.5, 0.6) is 17.2 Å². The standard InChI is InChI=1S/C20H15F3N2O6S/c1-30-15-7-10(2-5-14(15)26)6-11(18(28)29)8-17(27)25-19-24-13-4-3-12(9-16(13)32-19)31-20(21,22)23/h2-7,9,26H,8H2,1H3,(H,28,29)(H,24,25,27)/b11-6+. The molecule has 1 aromatic heterocycles. The number of phenols is 1. The number of halogens is 3. The first-order chi connectivity index (χ1) is 15.0. The lowest BCUT2D eigenvalue weighted by molar-refractivity contribution is -0.274. The summed E-state index contributed by atoms with van der Waals surface area (Å²) in [5.74, 6) is -2.43. The van der Waals surface area contributed by atoms with Crippen molar-refractivity contribution < 1.29 is 42.4 Å². The number of carboxylic acid groups (broad SMARTS) is 1. The highest BCUT2D eigenvalue weighted by Crippen LogP contribution is 2.32. The summed E-state index contributed by atoms with van der Waals surface area (Å²) < 4.78 is 46.2. The number of rotatable bonds is 7. The Morgan fingerprint density at radius 1 is 1.22 bits per heavy atom. The molecule has 0 aliphatic rings. The fourth-order valence-corrected chi connectivity index (χ4v) is 3.58. The van der Waals surface area contributed by atoms with Crippen LogP contribution in [0.4, 0.5) is 18.3 Å². The van der Waals surface area contributed by atoms with Gasteiger partial charge in [-0.2, -0.15) is 0 Å². The number of phenolic OH excluding ortho intramolecular Hbond substituents is 1. The number of aromatic nitrogens is 1. The van der Waals surface area contributed by atoms with Crippen LogP contribution >= 0.6 is 11.3 Å². The number of alkyl halides is 3. The molecule has 0 fully saturated rings. The third-order valence-corrected chi connectivity index (χ3v) is 4.94. The predicted octanol–water partition coefficient (Wildman–Crippen LogP) is 4.41. The molecular weight excluding hydrogens is 453 g/mol. The second kappa shape index (κ2) is 9.14. The van der Waals surface area contributed by atoms with Crippen molar-refractivity contribution in [2.75, 3.05) is 12.4 Å². The molecule has 3 aromatic rings. The number of aliphatic carboxylic acids is 1. The number of ether oxygens (including phenoxy) is 2. The van der Waals surface area contributed by atoms with Crippen LogP contribution in [0.25, 0.3) is 16.3 Å². The van der Waals surface area contributed by atoms with E-state index in [1.165, 1.54) is 37.5 Å². The second-order valence-corrected chi connectivity index (χ2v) is 7.36. The molecular formula is C20H15F3N2O6S. The van der Waals surface area contributed by atoms with E-state index in [2.05, 4.69) is 15.0 Å². The number of fused-ring (bicyclic) bond motifs is 1. The molecule has 0 aliphatic heterocycles. The molecule has 0 unspecified atom stereocenters. The number of thiazole rings is 1. The average Bonchev–Trinajstić information content (AvgIpc) is 3.08. The van der Waals surface area contributed by atoms with E-state index in [1.807, 2.05) is 0 Å². The Labute approximate surface area is 182 Å². The van der Waals surface area contributed by atoms with Gasteiger partial charge in [0.25, 0.3) is 0 Å². The van der Waals surface area contributed by atoms with Gasteiger partial charge in [0.2, 0.25) is 5.91 Å². The largest absolute Gasteiger partial charge is 0.573 e. The molecule has 2 aromatic carbocycles. The van der Waals surface area contributed by atoms with Crippen LogP contribution in [-0.4, -0.2) is 40.5 Å². The number of methoxy groups -OCH3 is 1. The van der Waals surface area contributed by atoms with Crippen molar-refractivity contribution in [3.05, 3.63) is 47.5 Å². The minimum atomic E-state index is -4.84. The number of carbonyl (C=O) groups excluding carboxylic acids is 1. The van der Waals surface area contributed by atoms with Gasteiger partial charge in [-0.1, -0.05) is 17.4 Å². The molecule has 32 heavy (non-hydrogen) atoms. The highest BCUT2D eigenvalue weighted by atomic mass is 32.1. The van der Waals surface area contributed by atoms with Crippen LogP contribution in [0.15, 0.2) is 42.0 Å². The van der Waals surface area contributed by atoms with Crippen LogP contribution in [0.2, 0.25) is 0 Å². The number of aromatic hydroxyl groups is 1. The maximum atomic E-state index is 12.4. The van der Waals surface area contributed by atoms with Crippen molar-refractivity contribution in [2.45, 2.75) is 12.8 Å². The minimum absolute atomic E-state index is 0.0881. The molecule has 0 aliphatic carbocycles. The number of nitrogens with zero attached hydrogens (tertiary/aromatic N) is 1. The van der Waals surface area contributed by atoms with E-state index in [4.69, 9.17) is 4.74 Å². The van der Waals surface area contributed by atoms with E-state index >= 15 is 0 Å². The van der Waals surface area contributed by atoms with Gasteiger partial charge >= 0.3 is 12.3 Å². The Hall–Kier alpha value is -3.80. The molecule has 0 saturated heterocycles. The van der Waals surface area contributed by atoms with Crippen LogP contribution in [0.1, 0.15) is 12.0 Å². The van der Waals surface area contributed by atoms with E-state index in [0.29, 0.717) is 15.8 Å². The molecule has 3 N–H and O–H groups in total. The third-order valence-electron chi connectivity index (χ3n) is 4.01. The predicted molar refractivity (Wildman–Crippen MR) is 110 cm³/mol. The summed E-state index contributed by atoms with van der Waals surface area (Å²) in [4.78, 5) is 28.0. The van der Waals surface area contributed by atoms with Crippen LogP contribution in [0, 0.1) is 0 Å². The Morgan fingerprint density at radius 3 is 2.62 bits per heavy atom. The zero-order valence-electron chi connectivity index (χ0n) is 16.3. The normalized spacial score (nSPS) is 11.9. The molecule has 3 rings (SSSR count). The maximum Gasteiger partial charge on any atom is 0.573 e. The number of carbonyl (C=O) groups is 2. The lowest BCUT2D eigenvalue weighted by Gasteiger charge is -2.07. The third kappa shape index (κ3) is 5.88. The average molecular weight is 468 g/mol. The van der Waals surface area contributed by atoms with Gasteiger partial charge in [0, 0.05) is 11.6 Å². The van der Waals surface area contributed by atoms with Crippen molar-refractivity contribution in [3.8, 4) is 17.2 Å². The fraction of sp³-hybridized carbons (Fsp3) is 0.150. The zero-order valence-corrected chi connectivity index (χ0v) is 17.1. The molecule has 0 saturated carbocycles. The van der Waals surface area contributed by atoms with Crippen molar-refractivity contribution in [1.29, 1.82) is 0 Å². The number of hydrogen-bond donors (Lipinski definition) is 3. The molecule has 0 radical (unpaired) electrons. The number of hydrogen-bond acceptors (Lipinski definition) is 7. The summed E-state index contributed by atoms with van der Waals surface area (Å²) in [7, 11) is 1.34. The first-order valence-electron chi connectivity index (χ1n) is 8.81. The van der Waals surface area contributed by atoms with Gasteiger partial charge in [-0.25, -0.2) is 9.78 Å². The van der Waals surface area contributed by atoms with Crippen molar-refractivity contribution in [2.24, 2.45) is 0 Å². The van der Waals surface area contributed by atoms with Gasteiger partial charge in [-0.05, 0) is 35.9 Å².